The molecule has 1 heterocycles. The third kappa shape index (κ3) is 6.45. The van der Waals surface area contributed by atoms with Crippen LogP contribution in [-0.2, 0) is 13.6 Å². The van der Waals surface area contributed by atoms with E-state index in [2.05, 4.69) is 90.0 Å². The molecule has 0 saturated carbocycles. The molecule has 1 aliphatic rings. The fourth-order valence-electron chi connectivity index (χ4n) is 7.53. The maximum absolute atomic E-state index is 11.2. The molecular weight excluding hydrogens is 472 g/mol. The SMILES string of the molecule is CC(C)[Si](OC[C@@]1(C)O[C@@](C)(CCO)[C@H](O)C[C@@H]1O[Si](C(C)C)(C(C)C)C(C)C)(C(C)C)C(C)C. The molecule has 1 saturated heterocycles. The summed E-state index contributed by atoms with van der Waals surface area (Å²) in [5.41, 5.74) is 1.18. The van der Waals surface area contributed by atoms with E-state index >= 15 is 0 Å². The molecule has 0 aliphatic carbocycles. The van der Waals surface area contributed by atoms with Crippen LogP contribution in [0.1, 0.15) is 110 Å². The summed E-state index contributed by atoms with van der Waals surface area (Å²) in [7, 11) is -4.35. The van der Waals surface area contributed by atoms with Crippen LogP contribution >= 0.6 is 0 Å². The first kappa shape index (κ1) is 33.3. The molecule has 0 amide bonds. The van der Waals surface area contributed by atoms with Gasteiger partial charge in [0.2, 0.25) is 8.32 Å². The highest BCUT2D eigenvalue weighted by atomic mass is 28.4. The van der Waals surface area contributed by atoms with Gasteiger partial charge in [-0.3, -0.25) is 0 Å². The second kappa shape index (κ2) is 12.4. The van der Waals surface area contributed by atoms with E-state index in [4.69, 9.17) is 13.6 Å². The molecule has 5 nitrogen and oxygen atoms in total. The maximum atomic E-state index is 11.2. The zero-order valence-electron chi connectivity index (χ0n) is 25.6. The number of hydrogen-bond acceptors (Lipinski definition) is 5. The van der Waals surface area contributed by atoms with Crippen LogP contribution in [0.2, 0.25) is 33.2 Å². The minimum atomic E-state index is -2.22. The molecule has 2 N–H and O–H groups in total. The van der Waals surface area contributed by atoms with Gasteiger partial charge >= 0.3 is 0 Å². The Labute approximate surface area is 220 Å². The zero-order valence-corrected chi connectivity index (χ0v) is 27.6. The number of ether oxygens (including phenoxy) is 1. The predicted molar refractivity (Wildman–Crippen MR) is 153 cm³/mol. The molecule has 0 radical (unpaired) electrons. The average molecular weight is 533 g/mol. The Kier molecular flexibility index (Phi) is 11.8. The van der Waals surface area contributed by atoms with Gasteiger partial charge in [-0.2, -0.15) is 0 Å². The first-order valence-electron chi connectivity index (χ1n) is 14.2. The Morgan fingerprint density at radius 2 is 1.14 bits per heavy atom. The van der Waals surface area contributed by atoms with Crippen molar-refractivity contribution in [2.75, 3.05) is 13.2 Å². The molecule has 35 heavy (non-hydrogen) atoms. The minimum absolute atomic E-state index is 0.0264. The van der Waals surface area contributed by atoms with E-state index in [0.29, 0.717) is 52.7 Å². The monoisotopic (exact) mass is 532 g/mol. The molecule has 7 heteroatoms. The van der Waals surface area contributed by atoms with E-state index in [1.54, 1.807) is 0 Å². The van der Waals surface area contributed by atoms with Gasteiger partial charge in [0.25, 0.3) is 0 Å². The van der Waals surface area contributed by atoms with Gasteiger partial charge in [0.15, 0.2) is 8.32 Å². The van der Waals surface area contributed by atoms with Crippen LogP contribution in [0.25, 0.3) is 0 Å². The van der Waals surface area contributed by atoms with Crippen molar-refractivity contribution < 1.29 is 23.8 Å². The topological polar surface area (TPSA) is 68.2 Å². The standard InChI is InChI=1S/C28H60O5Si2/c1-19(2)34(20(3)4,21(5)6)31-18-28(14)26(17-25(30)27(13,33-28)15-16-29)32-35(22(7)8,23(9)10)24(11)12/h19-26,29-30H,15-18H2,1-14H3/t25-,26+,27+,28-/m1/s1. The Balaban J connectivity index is 3.55. The lowest BCUT2D eigenvalue weighted by molar-refractivity contribution is -0.271. The molecule has 0 aromatic rings. The Hall–Kier alpha value is 0.234. The lowest BCUT2D eigenvalue weighted by atomic mass is 9.81. The summed E-state index contributed by atoms with van der Waals surface area (Å²) < 4.78 is 21.2. The normalized spacial score (nSPS) is 29.0. The van der Waals surface area contributed by atoms with Gasteiger partial charge in [0, 0.05) is 19.4 Å². The van der Waals surface area contributed by atoms with Crippen molar-refractivity contribution >= 4 is 16.6 Å². The Morgan fingerprint density at radius 1 is 0.743 bits per heavy atom. The molecule has 4 atom stereocenters. The van der Waals surface area contributed by atoms with Crippen LogP contribution < -0.4 is 0 Å². The van der Waals surface area contributed by atoms with Crippen molar-refractivity contribution in [2.45, 2.75) is 166 Å². The fourth-order valence-corrected chi connectivity index (χ4v) is 18.7. The van der Waals surface area contributed by atoms with Crippen LogP contribution in [0.15, 0.2) is 0 Å². The molecule has 0 unspecified atom stereocenters. The largest absolute Gasteiger partial charge is 0.413 e. The molecule has 0 aromatic carbocycles. The minimum Gasteiger partial charge on any atom is -0.413 e. The number of hydrogen-bond donors (Lipinski definition) is 2. The van der Waals surface area contributed by atoms with Crippen LogP contribution in [0.3, 0.4) is 0 Å². The predicted octanol–water partition coefficient (Wildman–Crippen LogP) is 7.42. The smallest absolute Gasteiger partial charge is 0.200 e. The Bertz CT molecular complexity index is 608. The van der Waals surface area contributed by atoms with Gasteiger partial charge in [-0.1, -0.05) is 83.1 Å². The molecular formula is C28H60O5Si2. The van der Waals surface area contributed by atoms with Gasteiger partial charge in [0.1, 0.15) is 5.60 Å². The summed E-state index contributed by atoms with van der Waals surface area (Å²) in [5.74, 6) is 0. The molecule has 1 fully saturated rings. The van der Waals surface area contributed by atoms with E-state index in [1.807, 2.05) is 6.92 Å². The van der Waals surface area contributed by atoms with E-state index in [-0.39, 0.29) is 12.7 Å². The number of aliphatic hydroxyl groups excluding tert-OH is 2. The first-order valence-corrected chi connectivity index (χ1v) is 18.5. The number of aliphatic hydroxyl groups is 2. The van der Waals surface area contributed by atoms with Crippen molar-refractivity contribution in [3.05, 3.63) is 0 Å². The van der Waals surface area contributed by atoms with Crippen LogP contribution in [-0.4, -0.2) is 63.5 Å². The second-order valence-electron chi connectivity index (χ2n) is 13.5. The average Bonchev–Trinajstić information content (AvgIpc) is 2.68. The highest BCUT2D eigenvalue weighted by molar-refractivity contribution is 6.78. The molecule has 0 spiro atoms. The van der Waals surface area contributed by atoms with Crippen molar-refractivity contribution in [3.8, 4) is 0 Å². The quantitative estimate of drug-likeness (QED) is 0.242. The van der Waals surface area contributed by atoms with E-state index in [0.717, 1.165) is 0 Å². The highest BCUT2D eigenvalue weighted by Gasteiger charge is 2.57. The summed E-state index contributed by atoms with van der Waals surface area (Å²) in [5, 5.41) is 21.0. The van der Waals surface area contributed by atoms with Crippen LogP contribution in [0.4, 0.5) is 0 Å². The Morgan fingerprint density at radius 3 is 1.49 bits per heavy atom. The van der Waals surface area contributed by atoms with Crippen molar-refractivity contribution in [2.24, 2.45) is 0 Å². The number of rotatable bonds is 13. The van der Waals surface area contributed by atoms with Crippen molar-refractivity contribution in [1.29, 1.82) is 0 Å². The fraction of sp³-hybridized carbons (Fsp3) is 1.00. The van der Waals surface area contributed by atoms with Crippen LogP contribution in [0, 0.1) is 0 Å². The zero-order chi connectivity index (χ0) is 27.6. The molecule has 0 aromatic heterocycles. The van der Waals surface area contributed by atoms with Crippen molar-refractivity contribution in [3.63, 3.8) is 0 Å². The maximum Gasteiger partial charge on any atom is 0.200 e. The summed E-state index contributed by atoms with van der Waals surface area (Å²) in [6.45, 7) is 32.1. The second-order valence-corrected chi connectivity index (χ2v) is 24.3. The van der Waals surface area contributed by atoms with Crippen LogP contribution in [0.5, 0.6) is 0 Å². The highest BCUT2D eigenvalue weighted by Crippen LogP contribution is 2.49. The lowest BCUT2D eigenvalue weighted by Crippen LogP contribution is -2.67. The van der Waals surface area contributed by atoms with E-state index in [9.17, 15) is 10.2 Å². The van der Waals surface area contributed by atoms with E-state index < -0.39 is 33.9 Å². The third-order valence-corrected chi connectivity index (χ3v) is 21.4. The molecule has 1 aliphatic heterocycles. The van der Waals surface area contributed by atoms with Crippen molar-refractivity contribution in [1.82, 2.24) is 0 Å². The van der Waals surface area contributed by atoms with Gasteiger partial charge in [-0.05, 0) is 47.1 Å². The third-order valence-electron chi connectivity index (χ3n) is 9.27. The molecule has 0 bridgehead atoms. The molecule has 1 rings (SSSR count). The lowest BCUT2D eigenvalue weighted by Gasteiger charge is -2.56. The summed E-state index contributed by atoms with van der Waals surface area (Å²) in [4.78, 5) is 0. The first-order chi connectivity index (χ1) is 15.9. The van der Waals surface area contributed by atoms with E-state index in [1.165, 1.54) is 0 Å². The summed E-state index contributed by atoms with van der Waals surface area (Å²) in [6.07, 6.45) is -0.0789. The van der Waals surface area contributed by atoms with Gasteiger partial charge in [-0.15, -0.1) is 0 Å². The summed E-state index contributed by atoms with van der Waals surface area (Å²) in [6, 6.07) is 0. The van der Waals surface area contributed by atoms with Gasteiger partial charge in [-0.25, -0.2) is 0 Å². The van der Waals surface area contributed by atoms with Gasteiger partial charge < -0.3 is 23.8 Å². The molecule has 210 valence electrons. The summed E-state index contributed by atoms with van der Waals surface area (Å²) >= 11 is 0. The van der Waals surface area contributed by atoms with Gasteiger partial charge in [0.05, 0.1) is 24.4 Å².